The molecule has 0 saturated carbocycles. The standard InChI is InChI=1S/C21H25N3O.ClH/c1-16-11-19-13-22-7-3-18(19)12-21(16)25-20-5-9-24(10-6-20)15-17-4-8-23(2)14-17;/h3-4,7-8,11-14,20H,5-6,9-10,15H2,1-2H3;1H. The molecule has 0 amide bonds. The SMILES string of the molecule is Cc1cc2cnccc2cc1OC1CCN(Cc2ccn(C)c2)CC1.Cl. The van der Waals surface area contributed by atoms with Crippen molar-refractivity contribution in [2.45, 2.75) is 32.4 Å². The number of hydrogen-bond donors (Lipinski definition) is 0. The number of fused-ring (bicyclic) bond motifs is 1. The largest absolute Gasteiger partial charge is 0.490 e. The maximum atomic E-state index is 6.35. The van der Waals surface area contributed by atoms with Gasteiger partial charge in [-0.25, -0.2) is 0 Å². The Morgan fingerprint density at radius 1 is 1.15 bits per heavy atom. The summed E-state index contributed by atoms with van der Waals surface area (Å²) in [6.45, 7) is 5.34. The van der Waals surface area contributed by atoms with Crippen LogP contribution in [0.4, 0.5) is 0 Å². The van der Waals surface area contributed by atoms with Crippen LogP contribution in [0, 0.1) is 6.92 Å². The van der Waals surface area contributed by atoms with Crippen molar-refractivity contribution in [1.82, 2.24) is 14.5 Å². The first kappa shape index (κ1) is 18.7. The number of likely N-dealkylation sites (tertiary alicyclic amines) is 1. The summed E-state index contributed by atoms with van der Waals surface area (Å²) in [6.07, 6.45) is 10.5. The molecule has 0 spiro atoms. The normalized spacial score (nSPS) is 15.8. The van der Waals surface area contributed by atoms with Gasteiger partial charge in [0.25, 0.3) is 0 Å². The third kappa shape index (κ3) is 4.19. The number of nitrogens with zero attached hydrogens (tertiary/aromatic N) is 3. The number of aromatic nitrogens is 2. The van der Waals surface area contributed by atoms with Gasteiger partial charge in [0.05, 0.1) is 0 Å². The number of halogens is 1. The van der Waals surface area contributed by atoms with Gasteiger partial charge in [0.2, 0.25) is 0 Å². The molecule has 4 nitrogen and oxygen atoms in total. The summed E-state index contributed by atoms with van der Waals surface area (Å²) < 4.78 is 8.46. The average Bonchev–Trinajstić information content (AvgIpc) is 3.02. The van der Waals surface area contributed by atoms with Crippen LogP contribution in [0.5, 0.6) is 5.75 Å². The van der Waals surface area contributed by atoms with Crippen molar-refractivity contribution in [3.63, 3.8) is 0 Å². The smallest absolute Gasteiger partial charge is 0.123 e. The fraction of sp³-hybridized carbons (Fsp3) is 0.381. The molecule has 138 valence electrons. The number of pyridine rings is 1. The minimum atomic E-state index is 0. The first-order valence-electron chi connectivity index (χ1n) is 9.01. The monoisotopic (exact) mass is 371 g/mol. The molecule has 0 N–H and O–H groups in total. The summed E-state index contributed by atoms with van der Waals surface area (Å²) in [5.74, 6) is 1.01. The highest BCUT2D eigenvalue weighted by molar-refractivity contribution is 5.85. The molecule has 3 aromatic rings. The van der Waals surface area contributed by atoms with Crippen molar-refractivity contribution in [2.24, 2.45) is 7.05 Å². The predicted octanol–water partition coefficient (Wildman–Crippen LogP) is 4.35. The summed E-state index contributed by atoms with van der Waals surface area (Å²) in [5.41, 5.74) is 2.58. The number of rotatable bonds is 4. The van der Waals surface area contributed by atoms with E-state index in [0.717, 1.165) is 38.2 Å². The van der Waals surface area contributed by atoms with Gasteiger partial charge in [-0.1, -0.05) is 0 Å². The van der Waals surface area contributed by atoms with E-state index in [1.165, 1.54) is 21.9 Å². The Hall–Kier alpha value is -2.04. The number of ether oxygens (including phenoxy) is 1. The lowest BCUT2D eigenvalue weighted by Crippen LogP contribution is -2.37. The lowest BCUT2D eigenvalue weighted by atomic mass is 10.1. The molecule has 1 aliphatic rings. The minimum Gasteiger partial charge on any atom is -0.490 e. The van der Waals surface area contributed by atoms with Crippen LogP contribution in [0.3, 0.4) is 0 Å². The maximum absolute atomic E-state index is 6.35. The molecule has 1 fully saturated rings. The first-order chi connectivity index (χ1) is 12.2. The Morgan fingerprint density at radius 3 is 2.69 bits per heavy atom. The first-order valence-corrected chi connectivity index (χ1v) is 9.01. The van der Waals surface area contributed by atoms with Crippen LogP contribution < -0.4 is 4.74 Å². The van der Waals surface area contributed by atoms with Crippen LogP contribution in [0.1, 0.15) is 24.0 Å². The highest BCUT2D eigenvalue weighted by Gasteiger charge is 2.21. The topological polar surface area (TPSA) is 30.3 Å². The minimum absolute atomic E-state index is 0. The highest BCUT2D eigenvalue weighted by atomic mass is 35.5. The van der Waals surface area contributed by atoms with E-state index in [2.05, 4.69) is 59.0 Å². The summed E-state index contributed by atoms with van der Waals surface area (Å²) >= 11 is 0. The van der Waals surface area contributed by atoms with E-state index in [0.29, 0.717) is 6.10 Å². The zero-order valence-electron chi connectivity index (χ0n) is 15.4. The van der Waals surface area contributed by atoms with Gasteiger partial charge in [0.15, 0.2) is 0 Å². The van der Waals surface area contributed by atoms with Crippen molar-refractivity contribution >= 4 is 23.2 Å². The van der Waals surface area contributed by atoms with Crippen LogP contribution in [-0.2, 0) is 13.6 Å². The second-order valence-electron chi connectivity index (χ2n) is 7.12. The van der Waals surface area contributed by atoms with Gasteiger partial charge in [-0.3, -0.25) is 9.88 Å². The third-order valence-electron chi connectivity index (χ3n) is 5.06. The Bertz CT molecular complexity index is 869. The zero-order valence-corrected chi connectivity index (χ0v) is 16.2. The van der Waals surface area contributed by atoms with Gasteiger partial charge >= 0.3 is 0 Å². The molecule has 0 unspecified atom stereocenters. The molecular weight excluding hydrogens is 346 g/mol. The quantitative estimate of drug-likeness (QED) is 0.683. The second kappa shape index (κ2) is 8.11. The molecule has 0 bridgehead atoms. The van der Waals surface area contributed by atoms with Gasteiger partial charge < -0.3 is 9.30 Å². The molecule has 3 heterocycles. The maximum Gasteiger partial charge on any atom is 0.123 e. The van der Waals surface area contributed by atoms with Crippen molar-refractivity contribution in [2.75, 3.05) is 13.1 Å². The van der Waals surface area contributed by atoms with Gasteiger partial charge in [-0.15, -0.1) is 12.4 Å². The molecule has 0 aliphatic carbocycles. The van der Waals surface area contributed by atoms with E-state index in [1.807, 2.05) is 18.5 Å². The molecule has 26 heavy (non-hydrogen) atoms. The molecule has 4 rings (SSSR count). The molecule has 0 radical (unpaired) electrons. The average molecular weight is 372 g/mol. The zero-order chi connectivity index (χ0) is 17.2. The van der Waals surface area contributed by atoms with Crippen molar-refractivity contribution in [3.8, 4) is 5.75 Å². The highest BCUT2D eigenvalue weighted by Crippen LogP contribution is 2.28. The fourth-order valence-corrected chi connectivity index (χ4v) is 3.63. The van der Waals surface area contributed by atoms with E-state index in [9.17, 15) is 0 Å². The Labute approximate surface area is 161 Å². The number of aryl methyl sites for hydroxylation is 2. The molecule has 5 heteroatoms. The molecule has 2 aromatic heterocycles. The van der Waals surface area contributed by atoms with E-state index in [4.69, 9.17) is 4.74 Å². The predicted molar refractivity (Wildman–Crippen MR) is 108 cm³/mol. The second-order valence-corrected chi connectivity index (χ2v) is 7.12. The lowest BCUT2D eigenvalue weighted by molar-refractivity contribution is 0.0964. The van der Waals surface area contributed by atoms with Crippen LogP contribution in [-0.4, -0.2) is 33.6 Å². The van der Waals surface area contributed by atoms with Crippen LogP contribution in [0.15, 0.2) is 49.1 Å². The number of hydrogen-bond acceptors (Lipinski definition) is 3. The molecule has 1 aliphatic heterocycles. The van der Waals surface area contributed by atoms with Crippen LogP contribution >= 0.6 is 12.4 Å². The summed E-state index contributed by atoms with van der Waals surface area (Å²) in [4.78, 5) is 6.72. The van der Waals surface area contributed by atoms with Gasteiger partial charge in [0, 0.05) is 56.9 Å². The molecule has 0 atom stereocenters. The number of benzene rings is 1. The Balaban J connectivity index is 0.00000196. The van der Waals surface area contributed by atoms with Gasteiger partial charge in [-0.2, -0.15) is 0 Å². The van der Waals surface area contributed by atoms with Crippen molar-refractivity contribution in [3.05, 3.63) is 60.2 Å². The van der Waals surface area contributed by atoms with E-state index >= 15 is 0 Å². The Morgan fingerprint density at radius 2 is 1.96 bits per heavy atom. The molecule has 1 aromatic carbocycles. The molecule has 1 saturated heterocycles. The number of piperidine rings is 1. The third-order valence-corrected chi connectivity index (χ3v) is 5.06. The lowest BCUT2D eigenvalue weighted by Gasteiger charge is -2.32. The van der Waals surface area contributed by atoms with Crippen molar-refractivity contribution in [1.29, 1.82) is 0 Å². The van der Waals surface area contributed by atoms with E-state index in [-0.39, 0.29) is 12.4 Å². The van der Waals surface area contributed by atoms with Gasteiger partial charge in [0.1, 0.15) is 11.9 Å². The fourth-order valence-electron chi connectivity index (χ4n) is 3.63. The van der Waals surface area contributed by atoms with Crippen LogP contribution in [0.2, 0.25) is 0 Å². The van der Waals surface area contributed by atoms with E-state index in [1.54, 1.807) is 0 Å². The van der Waals surface area contributed by atoms with Gasteiger partial charge in [-0.05, 0) is 60.5 Å². The summed E-state index contributed by atoms with van der Waals surface area (Å²) in [7, 11) is 2.07. The van der Waals surface area contributed by atoms with Crippen molar-refractivity contribution < 1.29 is 4.74 Å². The molecular formula is C21H26ClN3O. The van der Waals surface area contributed by atoms with E-state index < -0.39 is 0 Å². The summed E-state index contributed by atoms with van der Waals surface area (Å²) in [5, 5.41) is 2.36. The summed E-state index contributed by atoms with van der Waals surface area (Å²) in [6, 6.07) is 8.57. The van der Waals surface area contributed by atoms with Crippen LogP contribution in [0.25, 0.3) is 10.8 Å². The Kier molecular flexibility index (Phi) is 5.84.